The molecule has 2 aliphatic rings. The zero-order chi connectivity index (χ0) is 13.8. The molecule has 3 heterocycles. The largest absolute Gasteiger partial charge is 0.351 e. The Morgan fingerprint density at radius 3 is 2.95 bits per heavy atom. The standard InChI is InChI=1S/C14H21N3O2S/c18-14(13-4-5-15-19-13)17-8-3-9-20-11-12(17)10-16-6-1-2-7-16/h4-5,12H,1-3,6-11H2. The van der Waals surface area contributed by atoms with E-state index in [0.717, 1.165) is 31.0 Å². The van der Waals surface area contributed by atoms with Crippen molar-refractivity contribution in [3.8, 4) is 0 Å². The van der Waals surface area contributed by atoms with Crippen LogP contribution in [0.1, 0.15) is 29.8 Å². The van der Waals surface area contributed by atoms with E-state index in [9.17, 15) is 4.79 Å². The van der Waals surface area contributed by atoms with Crippen molar-refractivity contribution in [2.75, 3.05) is 37.7 Å². The fourth-order valence-electron chi connectivity index (χ4n) is 2.98. The molecule has 2 aliphatic heterocycles. The Balaban J connectivity index is 1.71. The summed E-state index contributed by atoms with van der Waals surface area (Å²) in [5, 5.41) is 3.65. The molecule has 110 valence electrons. The van der Waals surface area contributed by atoms with E-state index in [1.807, 2.05) is 16.7 Å². The van der Waals surface area contributed by atoms with Crippen molar-refractivity contribution in [2.45, 2.75) is 25.3 Å². The van der Waals surface area contributed by atoms with Gasteiger partial charge >= 0.3 is 0 Å². The van der Waals surface area contributed by atoms with E-state index in [1.54, 1.807) is 6.07 Å². The summed E-state index contributed by atoms with van der Waals surface area (Å²) in [5.74, 6) is 2.52. The molecule has 0 bridgehead atoms. The number of amides is 1. The summed E-state index contributed by atoms with van der Waals surface area (Å²) in [7, 11) is 0. The van der Waals surface area contributed by atoms with Crippen molar-refractivity contribution in [1.29, 1.82) is 0 Å². The number of rotatable bonds is 3. The van der Waals surface area contributed by atoms with Crippen molar-refractivity contribution >= 4 is 17.7 Å². The second-order valence-electron chi connectivity index (χ2n) is 5.47. The van der Waals surface area contributed by atoms with Gasteiger partial charge in [-0.3, -0.25) is 4.79 Å². The van der Waals surface area contributed by atoms with E-state index < -0.39 is 0 Å². The molecular formula is C14H21N3O2S. The molecule has 1 atom stereocenters. The first-order valence-corrected chi connectivity index (χ1v) is 8.52. The Morgan fingerprint density at radius 2 is 2.20 bits per heavy atom. The lowest BCUT2D eigenvalue weighted by Gasteiger charge is -2.32. The van der Waals surface area contributed by atoms with Crippen LogP contribution in [-0.4, -0.2) is 64.6 Å². The number of hydrogen-bond acceptors (Lipinski definition) is 5. The maximum atomic E-state index is 12.6. The van der Waals surface area contributed by atoms with Crippen LogP contribution in [0.25, 0.3) is 0 Å². The van der Waals surface area contributed by atoms with E-state index in [-0.39, 0.29) is 11.9 Å². The van der Waals surface area contributed by atoms with E-state index >= 15 is 0 Å². The number of aromatic nitrogens is 1. The summed E-state index contributed by atoms with van der Waals surface area (Å²) in [4.78, 5) is 17.0. The maximum Gasteiger partial charge on any atom is 0.292 e. The second kappa shape index (κ2) is 6.63. The quantitative estimate of drug-likeness (QED) is 0.850. The van der Waals surface area contributed by atoms with Gasteiger partial charge in [0.25, 0.3) is 5.91 Å². The summed E-state index contributed by atoms with van der Waals surface area (Å²) >= 11 is 1.96. The van der Waals surface area contributed by atoms with Crippen molar-refractivity contribution < 1.29 is 9.32 Å². The highest BCUT2D eigenvalue weighted by Gasteiger charge is 2.30. The van der Waals surface area contributed by atoms with Crippen LogP contribution in [0.2, 0.25) is 0 Å². The Bertz CT molecular complexity index is 432. The molecule has 0 saturated carbocycles. The lowest BCUT2D eigenvalue weighted by Crippen LogP contribution is -2.47. The van der Waals surface area contributed by atoms with Gasteiger partial charge in [0.05, 0.1) is 12.2 Å². The molecule has 1 amide bonds. The van der Waals surface area contributed by atoms with Crippen LogP contribution in [0.3, 0.4) is 0 Å². The fraction of sp³-hybridized carbons (Fsp3) is 0.714. The highest BCUT2D eigenvalue weighted by molar-refractivity contribution is 7.99. The molecular weight excluding hydrogens is 274 g/mol. The van der Waals surface area contributed by atoms with E-state index in [1.165, 1.54) is 32.1 Å². The third-order valence-electron chi connectivity index (χ3n) is 4.02. The van der Waals surface area contributed by atoms with Gasteiger partial charge in [-0.2, -0.15) is 11.8 Å². The molecule has 1 aromatic rings. The van der Waals surface area contributed by atoms with Gasteiger partial charge < -0.3 is 14.3 Å². The van der Waals surface area contributed by atoms with Gasteiger partial charge in [0, 0.05) is 24.9 Å². The number of thioether (sulfide) groups is 1. The molecule has 20 heavy (non-hydrogen) atoms. The topological polar surface area (TPSA) is 49.6 Å². The molecule has 0 aliphatic carbocycles. The minimum Gasteiger partial charge on any atom is -0.351 e. The highest BCUT2D eigenvalue weighted by atomic mass is 32.2. The van der Waals surface area contributed by atoms with E-state index in [4.69, 9.17) is 4.52 Å². The Morgan fingerprint density at radius 1 is 1.35 bits per heavy atom. The number of carbonyl (C=O) groups is 1. The third kappa shape index (κ3) is 3.17. The molecule has 3 rings (SSSR count). The minimum absolute atomic E-state index is 0.00537. The van der Waals surface area contributed by atoms with Crippen molar-refractivity contribution in [3.05, 3.63) is 18.0 Å². The van der Waals surface area contributed by atoms with Crippen molar-refractivity contribution in [3.63, 3.8) is 0 Å². The number of likely N-dealkylation sites (tertiary alicyclic amines) is 1. The summed E-state index contributed by atoms with van der Waals surface area (Å²) in [6, 6.07) is 1.95. The molecule has 0 N–H and O–H groups in total. The Hall–Kier alpha value is -1.01. The van der Waals surface area contributed by atoms with Crippen LogP contribution < -0.4 is 0 Å². The van der Waals surface area contributed by atoms with Crippen molar-refractivity contribution in [2.24, 2.45) is 0 Å². The maximum absolute atomic E-state index is 12.6. The lowest BCUT2D eigenvalue weighted by molar-refractivity contribution is 0.0624. The number of carbonyl (C=O) groups excluding carboxylic acids is 1. The predicted molar refractivity (Wildman–Crippen MR) is 78.9 cm³/mol. The minimum atomic E-state index is -0.00537. The smallest absolute Gasteiger partial charge is 0.292 e. The van der Waals surface area contributed by atoms with Gasteiger partial charge in [-0.1, -0.05) is 5.16 Å². The Kier molecular flexibility index (Phi) is 4.62. The lowest BCUT2D eigenvalue weighted by atomic mass is 10.2. The monoisotopic (exact) mass is 295 g/mol. The highest BCUT2D eigenvalue weighted by Crippen LogP contribution is 2.21. The van der Waals surface area contributed by atoms with Crippen LogP contribution in [0.15, 0.2) is 16.8 Å². The van der Waals surface area contributed by atoms with E-state index in [0.29, 0.717) is 5.76 Å². The van der Waals surface area contributed by atoms with Gasteiger partial charge in [-0.25, -0.2) is 0 Å². The van der Waals surface area contributed by atoms with Gasteiger partial charge in [0.1, 0.15) is 0 Å². The molecule has 0 radical (unpaired) electrons. The summed E-state index contributed by atoms with van der Waals surface area (Å²) < 4.78 is 5.05. The summed E-state index contributed by atoms with van der Waals surface area (Å²) in [6.07, 6.45) is 5.17. The van der Waals surface area contributed by atoms with Crippen LogP contribution in [0.4, 0.5) is 0 Å². The molecule has 2 saturated heterocycles. The predicted octanol–water partition coefficient (Wildman–Crippen LogP) is 1.72. The van der Waals surface area contributed by atoms with Crippen LogP contribution in [-0.2, 0) is 0 Å². The molecule has 1 unspecified atom stereocenters. The normalized spacial score (nSPS) is 24.8. The first kappa shape index (κ1) is 13.9. The number of hydrogen-bond donors (Lipinski definition) is 0. The van der Waals surface area contributed by atoms with Gasteiger partial charge in [-0.15, -0.1) is 0 Å². The molecule has 0 aromatic carbocycles. The summed E-state index contributed by atoms with van der Waals surface area (Å²) in [5.41, 5.74) is 0. The SMILES string of the molecule is O=C(c1ccno1)N1CCCSCC1CN1CCCC1. The summed E-state index contributed by atoms with van der Waals surface area (Å²) in [6.45, 7) is 4.16. The van der Waals surface area contributed by atoms with Crippen LogP contribution in [0, 0.1) is 0 Å². The third-order valence-corrected chi connectivity index (χ3v) is 5.21. The van der Waals surface area contributed by atoms with Gasteiger partial charge in [-0.05, 0) is 38.1 Å². The van der Waals surface area contributed by atoms with Crippen LogP contribution in [0.5, 0.6) is 0 Å². The molecule has 2 fully saturated rings. The van der Waals surface area contributed by atoms with Gasteiger partial charge in [0.2, 0.25) is 5.76 Å². The fourth-order valence-corrected chi connectivity index (χ4v) is 4.04. The Labute approximate surface area is 123 Å². The van der Waals surface area contributed by atoms with Gasteiger partial charge in [0.15, 0.2) is 0 Å². The first-order chi connectivity index (χ1) is 9.84. The zero-order valence-corrected chi connectivity index (χ0v) is 12.5. The number of nitrogens with zero attached hydrogens (tertiary/aromatic N) is 3. The zero-order valence-electron chi connectivity index (χ0n) is 11.7. The second-order valence-corrected chi connectivity index (χ2v) is 6.62. The molecule has 0 spiro atoms. The average molecular weight is 295 g/mol. The van der Waals surface area contributed by atoms with Crippen LogP contribution >= 0.6 is 11.8 Å². The van der Waals surface area contributed by atoms with Crippen molar-refractivity contribution in [1.82, 2.24) is 15.0 Å². The molecule has 5 nitrogen and oxygen atoms in total. The average Bonchev–Trinajstić information content (AvgIpc) is 3.10. The molecule has 6 heteroatoms. The first-order valence-electron chi connectivity index (χ1n) is 7.36. The van der Waals surface area contributed by atoms with E-state index in [2.05, 4.69) is 10.1 Å². The molecule has 1 aromatic heterocycles.